The zero-order valence-corrected chi connectivity index (χ0v) is 14.0. The first-order valence-corrected chi connectivity index (χ1v) is 9.13. The largest absolute Gasteiger partial charge is 0.316 e. The number of hydrogen-bond acceptors (Lipinski definition) is 3. The van der Waals surface area contributed by atoms with E-state index in [4.69, 9.17) is 4.98 Å². The molecule has 0 aliphatic heterocycles. The topological polar surface area (TPSA) is 24.9 Å². The van der Waals surface area contributed by atoms with Crippen molar-refractivity contribution in [3.63, 3.8) is 0 Å². The second-order valence-corrected chi connectivity index (χ2v) is 7.48. The van der Waals surface area contributed by atoms with Gasteiger partial charge in [0.25, 0.3) is 0 Å². The predicted octanol–water partition coefficient (Wildman–Crippen LogP) is 4.64. The van der Waals surface area contributed by atoms with E-state index in [2.05, 4.69) is 43.6 Å². The van der Waals surface area contributed by atoms with Crippen molar-refractivity contribution in [3.05, 3.63) is 29.3 Å². The highest BCUT2D eigenvalue weighted by Crippen LogP contribution is 2.34. The van der Waals surface area contributed by atoms with Crippen molar-refractivity contribution in [2.24, 2.45) is 11.8 Å². The highest BCUT2D eigenvalue weighted by molar-refractivity contribution is 7.18. The van der Waals surface area contributed by atoms with Crippen molar-refractivity contribution < 1.29 is 0 Å². The smallest absolute Gasteiger partial charge is 0.0954 e. The van der Waals surface area contributed by atoms with Crippen molar-refractivity contribution in [3.8, 4) is 0 Å². The Morgan fingerprint density at radius 1 is 1.24 bits per heavy atom. The fourth-order valence-corrected chi connectivity index (χ4v) is 4.72. The van der Waals surface area contributed by atoms with Crippen LogP contribution >= 0.6 is 11.3 Å². The first kappa shape index (κ1) is 15.0. The molecule has 1 heterocycles. The average Bonchev–Trinajstić information content (AvgIpc) is 2.95. The van der Waals surface area contributed by atoms with Gasteiger partial charge in [0.2, 0.25) is 0 Å². The Labute approximate surface area is 132 Å². The summed E-state index contributed by atoms with van der Waals surface area (Å²) >= 11 is 1.86. The summed E-state index contributed by atoms with van der Waals surface area (Å²) in [7, 11) is 2.11. The van der Waals surface area contributed by atoms with Crippen molar-refractivity contribution in [2.75, 3.05) is 7.05 Å². The molecule has 1 N–H and O–H groups in total. The molecule has 3 rings (SSSR count). The van der Waals surface area contributed by atoms with Gasteiger partial charge in [0.1, 0.15) is 0 Å². The molecule has 1 fully saturated rings. The monoisotopic (exact) mass is 302 g/mol. The highest BCUT2D eigenvalue weighted by Gasteiger charge is 2.26. The Hall–Kier alpha value is -0.930. The van der Waals surface area contributed by atoms with E-state index in [0.29, 0.717) is 6.04 Å². The van der Waals surface area contributed by atoms with Crippen LogP contribution in [0, 0.1) is 11.8 Å². The molecule has 0 amide bonds. The molecular weight excluding hydrogens is 276 g/mol. The molecule has 1 atom stereocenters. The normalized spacial score (nSPS) is 24.3. The molecule has 2 aromatic rings. The van der Waals surface area contributed by atoms with Gasteiger partial charge in [-0.1, -0.05) is 38.3 Å². The van der Waals surface area contributed by atoms with Crippen LogP contribution in [0.5, 0.6) is 0 Å². The number of thiazole rings is 1. The van der Waals surface area contributed by atoms with Crippen LogP contribution in [0.2, 0.25) is 0 Å². The van der Waals surface area contributed by atoms with Crippen molar-refractivity contribution in [1.29, 1.82) is 0 Å². The van der Waals surface area contributed by atoms with Gasteiger partial charge in [-0.25, -0.2) is 4.98 Å². The molecule has 1 unspecified atom stereocenters. The van der Waals surface area contributed by atoms with Gasteiger partial charge >= 0.3 is 0 Å². The second kappa shape index (κ2) is 6.89. The molecule has 3 heteroatoms. The van der Waals surface area contributed by atoms with Crippen LogP contribution in [0.15, 0.2) is 24.3 Å². The Morgan fingerprint density at radius 3 is 2.67 bits per heavy atom. The van der Waals surface area contributed by atoms with Crippen LogP contribution in [0.1, 0.15) is 44.0 Å². The number of hydrogen-bond donors (Lipinski definition) is 1. The fraction of sp³-hybridized carbons (Fsp3) is 0.611. The lowest BCUT2D eigenvalue weighted by Crippen LogP contribution is -2.37. The van der Waals surface area contributed by atoms with E-state index >= 15 is 0 Å². The molecule has 1 aliphatic rings. The first-order chi connectivity index (χ1) is 10.3. The lowest BCUT2D eigenvalue weighted by Gasteiger charge is -2.33. The summed E-state index contributed by atoms with van der Waals surface area (Å²) in [4.78, 5) is 4.80. The highest BCUT2D eigenvalue weighted by atomic mass is 32.1. The Kier molecular flexibility index (Phi) is 4.91. The molecule has 0 spiro atoms. The molecule has 1 saturated carbocycles. The average molecular weight is 302 g/mol. The lowest BCUT2D eigenvalue weighted by atomic mass is 9.77. The minimum absolute atomic E-state index is 0.586. The quantitative estimate of drug-likeness (QED) is 0.870. The van der Waals surface area contributed by atoms with Crippen molar-refractivity contribution >= 4 is 21.6 Å². The molecule has 0 saturated heterocycles. The van der Waals surface area contributed by atoms with Gasteiger partial charge in [-0.3, -0.25) is 0 Å². The number of aromatic nitrogens is 1. The van der Waals surface area contributed by atoms with E-state index in [-0.39, 0.29) is 0 Å². The zero-order valence-electron chi connectivity index (χ0n) is 13.1. The third kappa shape index (κ3) is 3.46. The number of fused-ring (bicyclic) bond motifs is 1. The third-order valence-corrected chi connectivity index (χ3v) is 6.20. The number of benzene rings is 1. The van der Waals surface area contributed by atoms with E-state index in [1.165, 1.54) is 41.8 Å². The van der Waals surface area contributed by atoms with Crippen LogP contribution < -0.4 is 5.32 Å². The molecule has 0 radical (unpaired) electrons. The minimum atomic E-state index is 0.586. The molecule has 1 aromatic heterocycles. The minimum Gasteiger partial charge on any atom is -0.316 e. The van der Waals surface area contributed by atoms with Gasteiger partial charge in [-0.15, -0.1) is 11.3 Å². The molecule has 21 heavy (non-hydrogen) atoms. The van der Waals surface area contributed by atoms with E-state index in [1.807, 2.05) is 11.3 Å². The Morgan fingerprint density at radius 2 is 2.00 bits per heavy atom. The zero-order chi connectivity index (χ0) is 14.7. The van der Waals surface area contributed by atoms with Gasteiger partial charge in [-0.2, -0.15) is 0 Å². The Balaban J connectivity index is 1.66. The van der Waals surface area contributed by atoms with Gasteiger partial charge in [0.15, 0.2) is 0 Å². The lowest BCUT2D eigenvalue weighted by molar-refractivity contribution is 0.222. The molecule has 2 nitrogen and oxygen atoms in total. The predicted molar refractivity (Wildman–Crippen MR) is 91.9 cm³/mol. The van der Waals surface area contributed by atoms with Crippen molar-refractivity contribution in [1.82, 2.24) is 10.3 Å². The van der Waals surface area contributed by atoms with Gasteiger partial charge in [-0.05, 0) is 43.9 Å². The SMILES string of the molecule is CCC1CCC(C(Cc2nc3ccccc3s2)NC)CC1. The van der Waals surface area contributed by atoms with Gasteiger partial charge in [0.05, 0.1) is 15.2 Å². The first-order valence-electron chi connectivity index (χ1n) is 8.31. The molecule has 114 valence electrons. The van der Waals surface area contributed by atoms with Gasteiger partial charge in [0, 0.05) is 12.5 Å². The van der Waals surface area contributed by atoms with E-state index < -0.39 is 0 Å². The number of rotatable bonds is 5. The molecule has 0 bridgehead atoms. The Bertz CT molecular complexity index is 536. The standard InChI is InChI=1S/C18H26N2S/c1-3-13-8-10-14(11-9-13)16(19-2)12-18-20-15-6-4-5-7-17(15)21-18/h4-7,13-14,16,19H,3,8-12H2,1-2H3. The van der Waals surface area contributed by atoms with Crippen LogP contribution in [-0.4, -0.2) is 18.1 Å². The van der Waals surface area contributed by atoms with E-state index in [1.54, 1.807) is 0 Å². The number of likely N-dealkylation sites (N-methyl/N-ethyl adjacent to an activating group) is 1. The molecule has 1 aromatic carbocycles. The fourth-order valence-electron chi connectivity index (χ4n) is 3.70. The summed E-state index contributed by atoms with van der Waals surface area (Å²) in [6, 6.07) is 9.07. The summed E-state index contributed by atoms with van der Waals surface area (Å²) in [6.45, 7) is 2.33. The maximum Gasteiger partial charge on any atom is 0.0954 e. The summed E-state index contributed by atoms with van der Waals surface area (Å²) in [5.41, 5.74) is 1.15. The van der Waals surface area contributed by atoms with Crippen LogP contribution in [0.3, 0.4) is 0 Å². The maximum atomic E-state index is 4.80. The maximum absolute atomic E-state index is 4.80. The second-order valence-electron chi connectivity index (χ2n) is 6.36. The number of para-hydroxylation sites is 1. The number of nitrogens with one attached hydrogen (secondary N) is 1. The molecule has 1 aliphatic carbocycles. The summed E-state index contributed by atoms with van der Waals surface area (Å²) in [5, 5.41) is 4.85. The van der Waals surface area contributed by atoms with Crippen LogP contribution in [-0.2, 0) is 6.42 Å². The summed E-state index contributed by atoms with van der Waals surface area (Å²) in [6.07, 6.45) is 8.04. The van der Waals surface area contributed by atoms with E-state index in [0.717, 1.165) is 23.8 Å². The van der Waals surface area contributed by atoms with E-state index in [9.17, 15) is 0 Å². The van der Waals surface area contributed by atoms with Crippen LogP contribution in [0.25, 0.3) is 10.2 Å². The van der Waals surface area contributed by atoms with Crippen LogP contribution in [0.4, 0.5) is 0 Å². The van der Waals surface area contributed by atoms with Gasteiger partial charge < -0.3 is 5.32 Å². The van der Waals surface area contributed by atoms with Crippen molar-refractivity contribution in [2.45, 2.75) is 51.5 Å². The number of nitrogens with zero attached hydrogens (tertiary/aromatic N) is 1. The third-order valence-electron chi connectivity index (χ3n) is 5.14. The summed E-state index contributed by atoms with van der Waals surface area (Å²) < 4.78 is 1.32. The molecular formula is C18H26N2S. The summed E-state index contributed by atoms with van der Waals surface area (Å²) in [5.74, 6) is 1.80.